The zero-order chi connectivity index (χ0) is 27.5. The normalized spacial score (nSPS) is 17.7. The predicted octanol–water partition coefficient (Wildman–Crippen LogP) is 4.32. The zero-order valence-electron chi connectivity index (χ0n) is 22.4. The van der Waals surface area contributed by atoms with E-state index in [2.05, 4.69) is 34.0 Å². The number of hydrogen-bond acceptors (Lipinski definition) is 7. The Bertz CT molecular complexity index is 1690. The van der Waals surface area contributed by atoms with Gasteiger partial charge in [0.2, 0.25) is 5.95 Å². The Morgan fingerprint density at radius 2 is 2.05 bits per heavy atom. The van der Waals surface area contributed by atoms with Crippen molar-refractivity contribution in [1.29, 1.82) is 0 Å². The summed E-state index contributed by atoms with van der Waals surface area (Å²) in [4.78, 5) is 39.3. The summed E-state index contributed by atoms with van der Waals surface area (Å²) in [5.41, 5.74) is 3.00. The summed E-state index contributed by atoms with van der Waals surface area (Å²) in [5.74, 6) is 1.11. The summed E-state index contributed by atoms with van der Waals surface area (Å²) < 4.78 is 3.14. The third kappa shape index (κ3) is 4.36. The number of hydrogen-bond donors (Lipinski definition) is 2. The van der Waals surface area contributed by atoms with Crippen molar-refractivity contribution in [2.45, 2.75) is 64.0 Å². The van der Waals surface area contributed by atoms with Crippen LogP contribution in [0.5, 0.6) is 0 Å². The number of nitrogens with zero attached hydrogens (tertiary/aromatic N) is 5. The van der Waals surface area contributed by atoms with Crippen molar-refractivity contribution >= 4 is 28.5 Å². The molecule has 2 aliphatic rings. The number of ketones is 1. The number of rotatable bonds is 7. The van der Waals surface area contributed by atoms with E-state index in [9.17, 15) is 14.7 Å². The van der Waals surface area contributed by atoms with E-state index >= 15 is 0 Å². The quantitative estimate of drug-likeness (QED) is 0.346. The Kier molecular flexibility index (Phi) is 5.80. The van der Waals surface area contributed by atoms with Crippen molar-refractivity contribution in [3.8, 4) is 5.82 Å². The highest BCUT2D eigenvalue weighted by Crippen LogP contribution is 2.57. The number of anilines is 2. The average Bonchev–Trinajstić information content (AvgIpc) is 3.61. The second-order valence-electron chi connectivity index (χ2n) is 11.4. The molecule has 39 heavy (non-hydrogen) atoms. The lowest BCUT2D eigenvalue weighted by Gasteiger charge is -2.31. The smallest absolute Gasteiger partial charge is 0.278 e. The highest BCUT2D eigenvalue weighted by atomic mass is 16.3. The monoisotopic (exact) mass is 524 g/mol. The van der Waals surface area contributed by atoms with Gasteiger partial charge in [-0.1, -0.05) is 18.2 Å². The van der Waals surface area contributed by atoms with Crippen LogP contribution in [0.3, 0.4) is 0 Å². The number of nitrogens with one attached hydrogen (secondary N) is 1. The number of allylic oxidation sites excluding steroid dienone is 1. The zero-order valence-corrected chi connectivity index (χ0v) is 22.4. The van der Waals surface area contributed by atoms with Crippen molar-refractivity contribution in [2.75, 3.05) is 5.32 Å². The highest BCUT2D eigenvalue weighted by molar-refractivity contribution is 5.80. The third-order valence-corrected chi connectivity index (χ3v) is 8.02. The average molecular weight is 525 g/mol. The van der Waals surface area contributed by atoms with Gasteiger partial charge in [-0.2, -0.15) is 4.98 Å². The summed E-state index contributed by atoms with van der Waals surface area (Å²) in [7, 11) is 0. The molecule has 9 nitrogen and oxygen atoms in total. The van der Waals surface area contributed by atoms with Gasteiger partial charge in [-0.15, -0.1) is 6.58 Å². The Balaban J connectivity index is 1.41. The maximum atomic E-state index is 13.3. The number of aliphatic hydroxyl groups is 1. The topological polar surface area (TPSA) is 115 Å². The molecule has 6 rings (SSSR count). The minimum atomic E-state index is -1.16. The fourth-order valence-electron chi connectivity index (χ4n) is 5.81. The summed E-state index contributed by atoms with van der Waals surface area (Å²) in [6, 6.07) is 11.6. The van der Waals surface area contributed by atoms with E-state index in [1.807, 2.05) is 6.07 Å². The predicted molar refractivity (Wildman–Crippen MR) is 149 cm³/mol. The van der Waals surface area contributed by atoms with Gasteiger partial charge in [-0.05, 0) is 87.3 Å². The van der Waals surface area contributed by atoms with Crippen LogP contribution in [0.4, 0.5) is 11.6 Å². The molecule has 1 spiro atoms. The molecule has 0 aliphatic heterocycles. The first-order valence-electron chi connectivity index (χ1n) is 13.3. The van der Waals surface area contributed by atoms with Crippen molar-refractivity contribution in [3.05, 3.63) is 82.4 Å². The molecule has 1 aromatic carbocycles. The van der Waals surface area contributed by atoms with Gasteiger partial charge in [0.1, 0.15) is 16.8 Å². The van der Waals surface area contributed by atoms with Crippen molar-refractivity contribution in [3.63, 3.8) is 0 Å². The molecule has 0 amide bonds. The van der Waals surface area contributed by atoms with Crippen LogP contribution in [-0.4, -0.2) is 35.2 Å². The molecule has 0 bridgehead atoms. The molecule has 200 valence electrons. The molecular formula is C30H32N6O3. The number of fused-ring (bicyclic) bond motifs is 3. The molecule has 0 saturated heterocycles. The Hall–Kier alpha value is -4.11. The SMILES string of the molecule is C=CCn1c(=O)c2cnc(Nc3ccc4c(c3)CC(C(C)=O)CC43CC3)nc2n1-c1cccc(C(C)(C)O)n1. The molecule has 1 fully saturated rings. The van der Waals surface area contributed by atoms with Crippen LogP contribution in [0, 0.1) is 5.92 Å². The van der Waals surface area contributed by atoms with Gasteiger partial charge >= 0.3 is 0 Å². The van der Waals surface area contributed by atoms with E-state index in [1.165, 1.54) is 22.0 Å². The molecule has 2 aliphatic carbocycles. The van der Waals surface area contributed by atoms with Gasteiger partial charge in [0.25, 0.3) is 5.56 Å². The number of carbonyl (C=O) groups is 1. The minimum Gasteiger partial charge on any atom is -0.384 e. The maximum Gasteiger partial charge on any atom is 0.278 e. The Labute approximate surface area is 226 Å². The van der Waals surface area contributed by atoms with Crippen LogP contribution in [-0.2, 0) is 28.8 Å². The van der Waals surface area contributed by atoms with Crippen LogP contribution >= 0.6 is 0 Å². The highest BCUT2D eigenvalue weighted by Gasteiger charge is 2.50. The second kappa shape index (κ2) is 8.98. The summed E-state index contributed by atoms with van der Waals surface area (Å²) >= 11 is 0. The van der Waals surface area contributed by atoms with Gasteiger partial charge in [0.05, 0.1) is 12.2 Å². The van der Waals surface area contributed by atoms with Crippen molar-refractivity contribution in [1.82, 2.24) is 24.3 Å². The molecule has 3 aromatic heterocycles. The standard InChI is InChI=1S/C30H32N6O3/c1-5-13-35-27(38)22-17-31-28(34-26(22)36(35)25-8-6-7-24(33-25)29(3,4)39)32-21-9-10-23-19(15-21)14-20(18(2)37)16-30(23)11-12-30/h5-10,15,17,20,39H,1,11-14,16H2,2-4H3,(H,31,32,34). The second-order valence-corrected chi connectivity index (χ2v) is 11.4. The van der Waals surface area contributed by atoms with Gasteiger partial charge in [-0.25, -0.2) is 19.3 Å². The molecule has 3 heterocycles. The first-order valence-corrected chi connectivity index (χ1v) is 13.3. The molecule has 1 unspecified atom stereocenters. The summed E-state index contributed by atoms with van der Waals surface area (Å²) in [5, 5.41) is 14.2. The lowest BCUT2D eigenvalue weighted by Crippen LogP contribution is -2.28. The fourth-order valence-corrected chi connectivity index (χ4v) is 5.81. The molecule has 9 heteroatoms. The minimum absolute atomic E-state index is 0.0640. The lowest BCUT2D eigenvalue weighted by molar-refractivity contribution is -0.121. The van der Waals surface area contributed by atoms with Crippen LogP contribution in [0.25, 0.3) is 16.9 Å². The first kappa shape index (κ1) is 25.2. The number of benzene rings is 1. The number of carbonyl (C=O) groups excluding carboxylic acids is 1. The van der Waals surface area contributed by atoms with Gasteiger partial charge in [-0.3, -0.25) is 9.59 Å². The van der Waals surface area contributed by atoms with Crippen LogP contribution in [0.15, 0.2) is 60.0 Å². The summed E-state index contributed by atoms with van der Waals surface area (Å²) in [6.45, 7) is 9.06. The van der Waals surface area contributed by atoms with Gasteiger partial charge in [0, 0.05) is 17.8 Å². The Morgan fingerprint density at radius 1 is 1.26 bits per heavy atom. The Morgan fingerprint density at radius 3 is 2.74 bits per heavy atom. The van der Waals surface area contributed by atoms with E-state index < -0.39 is 5.60 Å². The molecule has 1 saturated carbocycles. The fraction of sp³-hybridized carbons (Fsp3) is 0.367. The molecule has 2 N–H and O–H groups in total. The molecule has 0 radical (unpaired) electrons. The molecular weight excluding hydrogens is 492 g/mol. The largest absolute Gasteiger partial charge is 0.384 e. The number of pyridine rings is 1. The van der Waals surface area contributed by atoms with Crippen molar-refractivity contribution < 1.29 is 9.90 Å². The van der Waals surface area contributed by atoms with Gasteiger partial charge in [0.15, 0.2) is 11.5 Å². The van der Waals surface area contributed by atoms with Crippen LogP contribution in [0.1, 0.15) is 56.9 Å². The van der Waals surface area contributed by atoms with Crippen LogP contribution in [0.2, 0.25) is 0 Å². The van der Waals surface area contributed by atoms with Crippen LogP contribution < -0.4 is 10.9 Å². The number of Topliss-reactive ketones (excluding diaryl/α,β-unsaturated/α-hetero) is 1. The van der Waals surface area contributed by atoms with E-state index in [4.69, 9.17) is 4.98 Å². The molecule has 4 aromatic rings. The number of aromatic nitrogens is 5. The maximum absolute atomic E-state index is 13.3. The lowest BCUT2D eigenvalue weighted by atomic mass is 9.73. The summed E-state index contributed by atoms with van der Waals surface area (Å²) in [6.07, 6.45) is 7.12. The van der Waals surface area contributed by atoms with E-state index in [0.717, 1.165) is 31.4 Å². The van der Waals surface area contributed by atoms with E-state index in [1.54, 1.807) is 49.7 Å². The third-order valence-electron chi connectivity index (χ3n) is 8.02. The van der Waals surface area contributed by atoms with Gasteiger partial charge < -0.3 is 10.4 Å². The first-order chi connectivity index (χ1) is 18.6. The van der Waals surface area contributed by atoms with Crippen molar-refractivity contribution in [2.24, 2.45) is 5.92 Å². The van der Waals surface area contributed by atoms with E-state index in [-0.39, 0.29) is 29.2 Å². The van der Waals surface area contributed by atoms with E-state index in [0.29, 0.717) is 28.5 Å². The molecule has 1 atom stereocenters.